The second-order valence-corrected chi connectivity index (χ2v) is 9.75. The van der Waals surface area contributed by atoms with Crippen LogP contribution in [0.1, 0.15) is 56.8 Å². The minimum atomic E-state index is -0.302. The lowest BCUT2D eigenvalue weighted by atomic mass is 9.46. The van der Waals surface area contributed by atoms with Crippen molar-refractivity contribution in [3.63, 3.8) is 0 Å². The number of aromatic nitrogens is 5. The van der Waals surface area contributed by atoms with Gasteiger partial charge in [-0.15, -0.1) is 5.10 Å². The quantitative estimate of drug-likeness (QED) is 0.697. The van der Waals surface area contributed by atoms with Gasteiger partial charge in [-0.2, -0.15) is 0 Å². The molecule has 2 atom stereocenters. The highest BCUT2D eigenvalue weighted by Crippen LogP contribution is 2.64. The first-order valence-corrected chi connectivity index (χ1v) is 10.9. The molecule has 2 aromatic rings. The van der Waals surface area contributed by atoms with Crippen LogP contribution < -0.4 is 0 Å². The van der Waals surface area contributed by atoms with Gasteiger partial charge < -0.3 is 4.90 Å². The van der Waals surface area contributed by atoms with Gasteiger partial charge in [0, 0.05) is 6.54 Å². The van der Waals surface area contributed by atoms with Crippen LogP contribution in [0.2, 0.25) is 0 Å². The SMILES string of the molecule is CCN(Cc1nonc1C)C(=O)C12C[C@H]3C[C@H](C1)CC(n1cnc(Br)n1)(C3)C2. The molecule has 0 spiro atoms. The minimum absolute atomic E-state index is 0.0798. The van der Waals surface area contributed by atoms with Crippen LogP contribution in [0, 0.1) is 24.2 Å². The van der Waals surface area contributed by atoms with E-state index in [1.807, 2.05) is 29.8 Å². The van der Waals surface area contributed by atoms with E-state index in [1.54, 1.807) is 0 Å². The van der Waals surface area contributed by atoms with Crippen LogP contribution in [-0.4, -0.2) is 42.4 Å². The average molecular weight is 449 g/mol. The Balaban J connectivity index is 1.47. The maximum Gasteiger partial charge on any atom is 0.229 e. The molecule has 4 bridgehead atoms. The molecule has 0 radical (unpaired) electrons. The number of aryl methyl sites for hydroxylation is 1. The first-order valence-electron chi connectivity index (χ1n) is 10.1. The van der Waals surface area contributed by atoms with Gasteiger partial charge in [-0.3, -0.25) is 4.79 Å². The van der Waals surface area contributed by atoms with E-state index in [1.165, 1.54) is 6.42 Å². The summed E-state index contributed by atoms with van der Waals surface area (Å²) in [6.45, 7) is 5.02. The van der Waals surface area contributed by atoms with Gasteiger partial charge in [0.2, 0.25) is 10.6 Å². The van der Waals surface area contributed by atoms with E-state index < -0.39 is 0 Å². The molecule has 9 heteroatoms. The molecule has 0 aromatic carbocycles. The van der Waals surface area contributed by atoms with E-state index >= 15 is 0 Å². The number of halogens is 1. The van der Waals surface area contributed by atoms with Crippen molar-refractivity contribution < 1.29 is 9.42 Å². The molecule has 4 aliphatic carbocycles. The minimum Gasteiger partial charge on any atom is -0.336 e. The predicted molar refractivity (Wildman–Crippen MR) is 103 cm³/mol. The van der Waals surface area contributed by atoms with Gasteiger partial charge in [0.15, 0.2) is 0 Å². The van der Waals surface area contributed by atoms with Crippen molar-refractivity contribution in [2.24, 2.45) is 17.3 Å². The third-order valence-electron chi connectivity index (χ3n) is 7.19. The molecule has 0 N–H and O–H groups in total. The van der Waals surface area contributed by atoms with E-state index in [0.29, 0.717) is 29.7 Å². The molecule has 0 unspecified atom stereocenters. The van der Waals surface area contributed by atoms with Gasteiger partial charge in [-0.05, 0) is 80.1 Å². The van der Waals surface area contributed by atoms with Crippen molar-refractivity contribution in [2.75, 3.05) is 6.54 Å². The maximum absolute atomic E-state index is 13.8. The fourth-order valence-corrected chi connectivity index (χ4v) is 6.70. The van der Waals surface area contributed by atoms with E-state index in [4.69, 9.17) is 4.63 Å². The molecule has 6 rings (SSSR count). The number of amides is 1. The first-order chi connectivity index (χ1) is 13.4. The van der Waals surface area contributed by atoms with Crippen LogP contribution in [0.15, 0.2) is 15.7 Å². The number of nitrogens with zero attached hydrogens (tertiary/aromatic N) is 6. The van der Waals surface area contributed by atoms with Crippen molar-refractivity contribution in [1.82, 2.24) is 30.0 Å². The van der Waals surface area contributed by atoms with Gasteiger partial charge in [0.05, 0.1) is 17.5 Å². The lowest BCUT2D eigenvalue weighted by Gasteiger charge is -2.61. The summed E-state index contributed by atoms with van der Waals surface area (Å²) in [5.41, 5.74) is 1.11. The zero-order valence-corrected chi connectivity index (χ0v) is 17.9. The molecule has 0 saturated heterocycles. The Morgan fingerprint density at radius 1 is 1.32 bits per heavy atom. The third-order valence-corrected chi connectivity index (χ3v) is 7.55. The standard InChI is InChI=1S/C19H25BrN6O2/c1-3-25(9-15-12(2)23-28-24-15)16(27)18-5-13-4-14(6-18)8-19(7-13,10-18)26-11-21-17(20)22-26/h11,13-14H,3-10H2,1-2H3/t13-,14-,18?,19?/m1/s1. The van der Waals surface area contributed by atoms with E-state index in [0.717, 1.165) is 43.5 Å². The fraction of sp³-hybridized carbons (Fsp3) is 0.737. The van der Waals surface area contributed by atoms with E-state index in [-0.39, 0.29) is 16.9 Å². The Kier molecular flexibility index (Phi) is 4.16. The topological polar surface area (TPSA) is 89.9 Å². The highest BCUT2D eigenvalue weighted by atomic mass is 79.9. The summed E-state index contributed by atoms with van der Waals surface area (Å²) in [4.78, 5) is 20.1. The lowest BCUT2D eigenvalue weighted by Crippen LogP contribution is -2.61. The van der Waals surface area contributed by atoms with Gasteiger partial charge in [0.1, 0.15) is 17.7 Å². The number of hydrogen-bond donors (Lipinski definition) is 0. The summed E-state index contributed by atoms with van der Waals surface area (Å²) in [6.07, 6.45) is 8.12. The molecule has 0 aliphatic heterocycles. The highest BCUT2D eigenvalue weighted by Gasteiger charge is 2.62. The average Bonchev–Trinajstić information content (AvgIpc) is 3.27. The normalized spacial score (nSPS) is 33.4. The Hall–Kier alpha value is -1.77. The zero-order valence-electron chi connectivity index (χ0n) is 16.3. The smallest absolute Gasteiger partial charge is 0.229 e. The lowest BCUT2D eigenvalue weighted by molar-refractivity contribution is -0.167. The molecule has 2 heterocycles. The van der Waals surface area contributed by atoms with Gasteiger partial charge >= 0.3 is 0 Å². The van der Waals surface area contributed by atoms with E-state index in [9.17, 15) is 4.79 Å². The van der Waals surface area contributed by atoms with Crippen LogP contribution in [-0.2, 0) is 16.9 Å². The Bertz CT molecular complexity index is 894. The molecule has 4 saturated carbocycles. The molecule has 4 aliphatic rings. The first kappa shape index (κ1) is 18.3. The van der Waals surface area contributed by atoms with Crippen LogP contribution in [0.25, 0.3) is 0 Å². The second-order valence-electron chi connectivity index (χ2n) is 9.04. The van der Waals surface area contributed by atoms with Crippen molar-refractivity contribution in [3.8, 4) is 0 Å². The van der Waals surface area contributed by atoms with Crippen LogP contribution >= 0.6 is 15.9 Å². The predicted octanol–water partition coefficient (Wildman–Crippen LogP) is 3.08. The summed E-state index contributed by atoms with van der Waals surface area (Å²) >= 11 is 3.39. The molecule has 1 amide bonds. The van der Waals surface area contributed by atoms with Crippen LogP contribution in [0.5, 0.6) is 0 Å². The summed E-state index contributed by atoms with van der Waals surface area (Å²) in [5, 5.41) is 12.4. The van der Waals surface area contributed by atoms with Crippen LogP contribution in [0.3, 0.4) is 0 Å². The van der Waals surface area contributed by atoms with Crippen molar-refractivity contribution in [3.05, 3.63) is 22.4 Å². The van der Waals surface area contributed by atoms with Crippen LogP contribution in [0.4, 0.5) is 0 Å². The Morgan fingerprint density at radius 2 is 2.07 bits per heavy atom. The maximum atomic E-state index is 13.8. The fourth-order valence-electron chi connectivity index (χ4n) is 6.44. The summed E-state index contributed by atoms with van der Waals surface area (Å²) < 4.78 is 7.49. The Morgan fingerprint density at radius 3 is 2.64 bits per heavy atom. The number of hydrogen-bond acceptors (Lipinski definition) is 6. The van der Waals surface area contributed by atoms with E-state index in [2.05, 4.69) is 36.3 Å². The largest absolute Gasteiger partial charge is 0.336 e. The molecule has 4 fully saturated rings. The molecule has 28 heavy (non-hydrogen) atoms. The number of carbonyl (C=O) groups excluding carboxylic acids is 1. The molecule has 2 aromatic heterocycles. The summed E-state index contributed by atoms with van der Waals surface area (Å²) in [7, 11) is 0. The highest BCUT2D eigenvalue weighted by molar-refractivity contribution is 9.10. The molecule has 150 valence electrons. The van der Waals surface area contributed by atoms with Gasteiger partial charge in [-0.1, -0.05) is 10.3 Å². The monoisotopic (exact) mass is 448 g/mol. The van der Waals surface area contributed by atoms with Gasteiger partial charge in [0.25, 0.3) is 0 Å². The Labute approximate surface area is 172 Å². The number of carbonyl (C=O) groups is 1. The summed E-state index contributed by atoms with van der Waals surface area (Å²) in [6, 6.07) is 0. The van der Waals surface area contributed by atoms with Gasteiger partial charge in [-0.25, -0.2) is 14.3 Å². The second kappa shape index (κ2) is 6.37. The van der Waals surface area contributed by atoms with Crippen molar-refractivity contribution >= 4 is 21.8 Å². The zero-order chi connectivity index (χ0) is 19.5. The summed E-state index contributed by atoms with van der Waals surface area (Å²) in [5.74, 6) is 1.43. The molecular formula is C19H25BrN6O2. The van der Waals surface area contributed by atoms with Crippen molar-refractivity contribution in [2.45, 2.75) is 64.5 Å². The molecular weight excluding hydrogens is 424 g/mol. The number of rotatable bonds is 5. The van der Waals surface area contributed by atoms with Crippen molar-refractivity contribution in [1.29, 1.82) is 0 Å². The molecule has 8 nitrogen and oxygen atoms in total. The third kappa shape index (κ3) is 2.73.